The predicted molar refractivity (Wildman–Crippen MR) is 138 cm³/mol. The van der Waals surface area contributed by atoms with Crippen molar-refractivity contribution in [2.24, 2.45) is 0 Å². The molecule has 6 nitrogen and oxygen atoms in total. The largest absolute Gasteiger partial charge is 0.497 e. The molecule has 1 aliphatic rings. The molecule has 0 radical (unpaired) electrons. The van der Waals surface area contributed by atoms with Gasteiger partial charge in [0.25, 0.3) is 0 Å². The van der Waals surface area contributed by atoms with Gasteiger partial charge >= 0.3 is 7.12 Å². The Balaban J connectivity index is 1.69. The summed E-state index contributed by atoms with van der Waals surface area (Å²) in [6, 6.07) is 11.7. The summed E-state index contributed by atoms with van der Waals surface area (Å²) in [5.74, 6) is 0.297. The van der Waals surface area contributed by atoms with E-state index in [1.54, 1.807) is 36.7 Å². The summed E-state index contributed by atoms with van der Waals surface area (Å²) in [7, 11) is 1.12. The minimum absolute atomic E-state index is 0.0892. The maximum atomic E-state index is 14.2. The molecule has 0 spiro atoms. The number of aromatic nitrogens is 1. The first-order valence-electron chi connectivity index (χ1n) is 11.6. The van der Waals surface area contributed by atoms with Crippen molar-refractivity contribution in [3.05, 3.63) is 88.5 Å². The molecule has 2 N–H and O–H groups in total. The van der Waals surface area contributed by atoms with Crippen molar-refractivity contribution in [1.29, 1.82) is 0 Å². The Morgan fingerprint density at radius 3 is 2.42 bits per heavy atom. The van der Waals surface area contributed by atoms with Crippen LogP contribution in [0.25, 0.3) is 17.2 Å². The van der Waals surface area contributed by atoms with Gasteiger partial charge in [-0.3, -0.25) is 9.78 Å². The van der Waals surface area contributed by atoms with E-state index in [2.05, 4.69) is 4.98 Å². The zero-order valence-corrected chi connectivity index (χ0v) is 20.4. The monoisotopic (exact) mass is 487 g/mol. The third-order valence-electron chi connectivity index (χ3n) is 6.37. The van der Waals surface area contributed by atoms with E-state index in [0.717, 1.165) is 33.4 Å². The van der Waals surface area contributed by atoms with Crippen molar-refractivity contribution in [1.82, 2.24) is 4.98 Å². The first-order valence-corrected chi connectivity index (χ1v) is 11.6. The molecule has 2 aromatic carbocycles. The fourth-order valence-corrected chi connectivity index (χ4v) is 4.62. The number of ketones is 1. The van der Waals surface area contributed by atoms with Gasteiger partial charge in [0.2, 0.25) is 0 Å². The number of hydrogen-bond donors (Lipinski definition) is 2. The topological polar surface area (TPSA) is 88.9 Å². The summed E-state index contributed by atoms with van der Waals surface area (Å²) in [4.78, 5) is 16.7. The van der Waals surface area contributed by atoms with Crippen LogP contribution in [0.4, 0.5) is 4.39 Å². The number of benzene rings is 2. The van der Waals surface area contributed by atoms with Crippen molar-refractivity contribution in [3.8, 4) is 11.5 Å². The van der Waals surface area contributed by atoms with Gasteiger partial charge in [0, 0.05) is 25.2 Å². The lowest BCUT2D eigenvalue weighted by molar-refractivity contribution is -0.118. The van der Waals surface area contributed by atoms with Crippen molar-refractivity contribution >= 4 is 35.6 Å². The third-order valence-corrected chi connectivity index (χ3v) is 6.37. The van der Waals surface area contributed by atoms with E-state index >= 15 is 0 Å². The van der Waals surface area contributed by atoms with E-state index in [0.29, 0.717) is 24.8 Å². The Morgan fingerprint density at radius 2 is 1.81 bits per heavy atom. The highest BCUT2D eigenvalue weighted by atomic mass is 19.1. The van der Waals surface area contributed by atoms with Crippen molar-refractivity contribution in [2.45, 2.75) is 26.2 Å². The number of Topliss-reactive ketones (excluding diaryl/α,β-unsaturated/α-hetero) is 1. The number of methoxy groups -OCH3 is 2. The Kier molecular flexibility index (Phi) is 7.67. The van der Waals surface area contributed by atoms with Crippen LogP contribution >= 0.6 is 0 Å². The smallest absolute Gasteiger partial charge is 0.496 e. The molecule has 0 amide bonds. The van der Waals surface area contributed by atoms with Crippen LogP contribution < -0.4 is 14.9 Å². The van der Waals surface area contributed by atoms with Crippen LogP contribution in [-0.2, 0) is 11.2 Å². The van der Waals surface area contributed by atoms with E-state index in [1.165, 1.54) is 26.4 Å². The van der Waals surface area contributed by atoms with Crippen LogP contribution in [0.3, 0.4) is 0 Å². The lowest BCUT2D eigenvalue weighted by Gasteiger charge is -2.14. The fraction of sp³-hybridized carbons (Fsp3) is 0.214. The standard InChI is InChI=1S/C28H27BFNO5/c1-17-22(9-7-21(32)11-18-5-4-10-31-16-18)25-15-20(30)6-8-23(25)24(17)12-19-13-26(35-2)28(29(33)34)27(14-19)36-3/h4-6,8,10,12-16,33-34H,7,9,11H2,1-3H3/b24-12-. The van der Waals surface area contributed by atoms with E-state index in [-0.39, 0.29) is 28.6 Å². The number of allylic oxidation sites excluding steroid dienone is 3. The molecule has 0 saturated carbocycles. The Hall–Kier alpha value is -3.75. The van der Waals surface area contributed by atoms with Crippen LogP contribution in [-0.4, -0.2) is 42.2 Å². The minimum Gasteiger partial charge on any atom is -0.497 e. The minimum atomic E-state index is -1.76. The lowest BCUT2D eigenvalue weighted by atomic mass is 9.78. The molecule has 0 fully saturated rings. The highest BCUT2D eigenvalue weighted by molar-refractivity contribution is 6.61. The van der Waals surface area contributed by atoms with E-state index in [1.807, 2.05) is 19.1 Å². The molecule has 0 unspecified atom stereocenters. The van der Waals surface area contributed by atoms with Gasteiger partial charge in [-0.15, -0.1) is 0 Å². The molecule has 1 aromatic heterocycles. The van der Waals surface area contributed by atoms with Gasteiger partial charge in [-0.25, -0.2) is 4.39 Å². The van der Waals surface area contributed by atoms with E-state index in [9.17, 15) is 19.2 Å². The zero-order chi connectivity index (χ0) is 25.8. The first kappa shape index (κ1) is 25.4. The SMILES string of the molecule is COc1cc(/C=C2/C(C)=C(CCC(=O)Cc3cccnc3)c3cc(F)ccc32)cc(OC)c1B(O)O. The Morgan fingerprint density at radius 1 is 1.08 bits per heavy atom. The number of pyridine rings is 1. The van der Waals surface area contributed by atoms with Gasteiger partial charge in [-0.2, -0.15) is 0 Å². The zero-order valence-electron chi connectivity index (χ0n) is 20.4. The van der Waals surface area contributed by atoms with Crippen molar-refractivity contribution in [2.75, 3.05) is 14.2 Å². The van der Waals surface area contributed by atoms with Crippen molar-refractivity contribution < 1.29 is 28.7 Å². The fourth-order valence-electron chi connectivity index (χ4n) is 4.62. The molecular formula is C28H27BFNO5. The Labute approximate surface area is 209 Å². The number of carbonyl (C=O) groups is 1. The molecule has 0 aliphatic heterocycles. The maximum absolute atomic E-state index is 14.2. The molecule has 0 bridgehead atoms. The Bertz CT molecular complexity index is 1330. The number of halogens is 1. The molecule has 1 heterocycles. The summed E-state index contributed by atoms with van der Waals surface area (Å²) in [6.07, 6.45) is 6.41. The van der Waals surface area contributed by atoms with Crippen LogP contribution in [0.2, 0.25) is 0 Å². The van der Waals surface area contributed by atoms with Crippen LogP contribution in [0.1, 0.15) is 42.0 Å². The second-order valence-electron chi connectivity index (χ2n) is 8.64. The van der Waals surface area contributed by atoms with Crippen LogP contribution in [0.5, 0.6) is 11.5 Å². The number of fused-ring (bicyclic) bond motifs is 1. The number of rotatable bonds is 9. The molecular weight excluding hydrogens is 460 g/mol. The van der Waals surface area contributed by atoms with Gasteiger partial charge in [-0.1, -0.05) is 12.1 Å². The highest BCUT2D eigenvalue weighted by Gasteiger charge is 2.26. The summed E-state index contributed by atoms with van der Waals surface area (Å²) in [6.45, 7) is 1.96. The number of nitrogens with zero attached hydrogens (tertiary/aromatic N) is 1. The van der Waals surface area contributed by atoms with E-state index < -0.39 is 7.12 Å². The number of hydrogen-bond acceptors (Lipinski definition) is 6. The molecule has 184 valence electrons. The summed E-state index contributed by atoms with van der Waals surface area (Å²) >= 11 is 0. The molecule has 0 atom stereocenters. The lowest BCUT2D eigenvalue weighted by Crippen LogP contribution is -2.32. The molecule has 1 aliphatic carbocycles. The van der Waals surface area contributed by atoms with E-state index in [4.69, 9.17) is 9.47 Å². The second kappa shape index (κ2) is 10.9. The van der Waals surface area contributed by atoms with Gasteiger partial charge in [0.1, 0.15) is 23.1 Å². The number of carbonyl (C=O) groups excluding carboxylic acids is 1. The number of ether oxygens (including phenoxy) is 2. The van der Waals surface area contributed by atoms with Crippen molar-refractivity contribution in [3.63, 3.8) is 0 Å². The normalized spacial score (nSPS) is 13.7. The molecule has 36 heavy (non-hydrogen) atoms. The highest BCUT2D eigenvalue weighted by Crippen LogP contribution is 2.44. The third kappa shape index (κ3) is 5.25. The summed E-state index contributed by atoms with van der Waals surface area (Å²) in [5, 5.41) is 19.5. The van der Waals surface area contributed by atoms with Crippen LogP contribution in [0, 0.1) is 5.82 Å². The average Bonchev–Trinajstić information content (AvgIpc) is 3.12. The van der Waals surface area contributed by atoms with Gasteiger partial charge in [0.05, 0.1) is 19.7 Å². The molecule has 0 saturated heterocycles. The van der Waals surface area contributed by atoms with Gasteiger partial charge in [0.15, 0.2) is 0 Å². The van der Waals surface area contributed by atoms with Gasteiger partial charge in [-0.05, 0) is 88.7 Å². The summed E-state index contributed by atoms with van der Waals surface area (Å²) in [5.41, 5.74) is 6.13. The maximum Gasteiger partial charge on any atom is 0.496 e. The summed E-state index contributed by atoms with van der Waals surface area (Å²) < 4.78 is 25.0. The molecule has 3 aromatic rings. The van der Waals surface area contributed by atoms with Gasteiger partial charge < -0.3 is 19.5 Å². The molecule has 4 rings (SSSR count). The average molecular weight is 487 g/mol. The second-order valence-corrected chi connectivity index (χ2v) is 8.64. The quantitative estimate of drug-likeness (QED) is 0.446. The first-order chi connectivity index (χ1) is 17.3. The van der Waals surface area contributed by atoms with Crippen LogP contribution in [0.15, 0.2) is 60.4 Å². The molecule has 8 heteroatoms. The predicted octanol–water partition coefficient (Wildman–Crippen LogP) is 3.84.